The number of fused-ring (bicyclic) bond motifs is 7. The Morgan fingerprint density at radius 1 is 0.551 bits per heavy atom. The Balaban J connectivity index is 1.22. The van der Waals surface area contributed by atoms with Crippen LogP contribution in [0.25, 0.3) is 0 Å². The van der Waals surface area contributed by atoms with Crippen LogP contribution in [0.5, 0.6) is 0 Å². The Morgan fingerprint density at radius 3 is 1.49 bits per heavy atom. The molecule has 7 N–H and O–H groups in total. The van der Waals surface area contributed by atoms with Gasteiger partial charge in [0.15, 0.2) is 36.7 Å². The third-order valence-electron chi connectivity index (χ3n) is 20.7. The zero-order chi connectivity index (χ0) is 66.7. The standard InChI is InChI=1S/C53H84O31S5/c1-9-10-11-12-13-14-15-16-17-26-75-47(59)50(5)23-22-49(4)24-25-52(7)29(30(49)28-50)27-31(54)42-51(6)20-19-33(48(2,3)32(51)18-21-53(42,52)8)76-45-40(36(82-87(66,67)68)34(80-85(60,61)62)38(77-45)43(55)56)79-46-41(84-89(72,73)74)37(83-88(69,70)71)35(81-86(63,64)65)39(78-46)44(57)58/h27,30,32-42,45-46H,9-26,28H2,1-8H3,(H,55,56)(H,57,58)(H,60,61,62)(H,63,64,65)(H,66,67,68)(H,69,70,71)(H,72,73,74)/t30-,32-,33-,34-,35-,36-,37-,38-,39-,40+,41+,42+,45+,46-,49+,50-,51-,52+,53+/m0/s1. The Morgan fingerprint density at radius 2 is 1.00 bits per heavy atom. The van der Waals surface area contributed by atoms with E-state index < -0.39 is 170 Å². The fourth-order valence-electron chi connectivity index (χ4n) is 16.3. The summed E-state index contributed by atoms with van der Waals surface area (Å²) in [7, 11) is -30.3. The van der Waals surface area contributed by atoms with Gasteiger partial charge in [-0.1, -0.05) is 105 Å². The molecule has 6 fully saturated rings. The van der Waals surface area contributed by atoms with E-state index in [1.54, 1.807) is 19.9 Å². The summed E-state index contributed by atoms with van der Waals surface area (Å²) in [6.45, 7) is 16.4. The van der Waals surface area contributed by atoms with Crippen LogP contribution in [0.2, 0.25) is 0 Å². The van der Waals surface area contributed by atoms with E-state index in [-0.39, 0.29) is 35.9 Å². The number of hydrogen-bond acceptors (Lipinski definition) is 24. The summed E-state index contributed by atoms with van der Waals surface area (Å²) in [6.07, 6.45) is -15.7. The molecule has 19 atom stereocenters. The number of rotatable bonds is 27. The molecule has 512 valence electrons. The van der Waals surface area contributed by atoms with Crippen molar-refractivity contribution in [2.45, 2.75) is 238 Å². The lowest BCUT2D eigenvalue weighted by molar-refractivity contribution is -0.364. The van der Waals surface area contributed by atoms with Crippen LogP contribution in [0.3, 0.4) is 0 Å². The molecule has 5 aliphatic carbocycles. The molecule has 4 saturated carbocycles. The molecule has 89 heavy (non-hydrogen) atoms. The summed E-state index contributed by atoms with van der Waals surface area (Å²) in [5, 5.41) is 20.7. The number of ketones is 1. The number of carboxylic acid groups (broad SMARTS) is 2. The van der Waals surface area contributed by atoms with Crippen LogP contribution in [0.4, 0.5) is 0 Å². The highest BCUT2D eigenvalue weighted by molar-refractivity contribution is 7.82. The minimum Gasteiger partial charge on any atom is -0.479 e. The molecule has 0 aromatic carbocycles. The van der Waals surface area contributed by atoms with Crippen molar-refractivity contribution in [2.24, 2.45) is 50.2 Å². The van der Waals surface area contributed by atoms with Crippen LogP contribution in [0.15, 0.2) is 11.6 Å². The van der Waals surface area contributed by atoms with E-state index in [9.17, 15) is 89.4 Å². The van der Waals surface area contributed by atoms with Crippen LogP contribution >= 0.6 is 0 Å². The number of carboxylic acids is 2. The van der Waals surface area contributed by atoms with Crippen LogP contribution in [0, 0.1) is 50.2 Å². The zero-order valence-electron chi connectivity index (χ0n) is 50.6. The summed E-state index contributed by atoms with van der Waals surface area (Å²) in [5.41, 5.74) is -3.36. The third-order valence-corrected chi connectivity index (χ3v) is 23.0. The Labute approximate surface area is 519 Å². The van der Waals surface area contributed by atoms with Gasteiger partial charge in [-0.25, -0.2) is 30.5 Å². The average molecular weight is 1380 g/mol. The molecule has 0 spiro atoms. The van der Waals surface area contributed by atoms with Crippen molar-refractivity contribution in [3.05, 3.63) is 11.6 Å². The van der Waals surface area contributed by atoms with Crippen molar-refractivity contribution >= 4 is 75.7 Å². The molecule has 0 bridgehead atoms. The van der Waals surface area contributed by atoms with Gasteiger partial charge in [0, 0.05) is 5.92 Å². The fourth-order valence-corrected chi connectivity index (χ4v) is 18.7. The van der Waals surface area contributed by atoms with Gasteiger partial charge < -0.3 is 33.9 Å². The van der Waals surface area contributed by atoms with E-state index >= 15 is 4.79 Å². The highest BCUT2D eigenvalue weighted by Crippen LogP contribution is 2.75. The first kappa shape index (κ1) is 73.4. The third kappa shape index (κ3) is 16.2. The van der Waals surface area contributed by atoms with Crippen molar-refractivity contribution in [1.82, 2.24) is 0 Å². The molecule has 36 heteroatoms. The molecule has 0 unspecified atom stereocenters. The molecule has 31 nitrogen and oxygen atoms in total. The van der Waals surface area contributed by atoms with Crippen molar-refractivity contribution in [2.75, 3.05) is 6.61 Å². The average Bonchev–Trinajstić information content (AvgIpc) is 0.727. The molecule has 7 aliphatic rings. The molecule has 0 aromatic heterocycles. The number of hydrogen-bond donors (Lipinski definition) is 7. The molecule has 2 heterocycles. The predicted molar refractivity (Wildman–Crippen MR) is 302 cm³/mol. The zero-order valence-corrected chi connectivity index (χ0v) is 54.6. The van der Waals surface area contributed by atoms with Gasteiger partial charge >= 0.3 is 69.9 Å². The van der Waals surface area contributed by atoms with Gasteiger partial charge in [0.2, 0.25) is 0 Å². The van der Waals surface area contributed by atoms with Gasteiger partial charge in [-0.2, -0.15) is 42.1 Å². The summed E-state index contributed by atoms with van der Waals surface area (Å²) >= 11 is 0. The number of ether oxygens (including phenoxy) is 5. The predicted octanol–water partition coefficient (Wildman–Crippen LogP) is 5.37. The normalized spacial score (nSPS) is 39.3. The van der Waals surface area contributed by atoms with Crippen LogP contribution in [0.1, 0.15) is 171 Å². The second-order valence-electron chi connectivity index (χ2n) is 26.8. The fraction of sp³-hybridized carbons (Fsp3) is 0.887. The van der Waals surface area contributed by atoms with Gasteiger partial charge in [-0.3, -0.25) is 32.4 Å². The van der Waals surface area contributed by atoms with Crippen molar-refractivity contribution < 1.29 is 139 Å². The van der Waals surface area contributed by atoms with Crippen LogP contribution < -0.4 is 0 Å². The summed E-state index contributed by atoms with van der Waals surface area (Å²) in [6, 6.07) is 0. The van der Waals surface area contributed by atoms with Gasteiger partial charge in [-0.15, -0.1) is 0 Å². The minimum atomic E-state index is -6.13. The summed E-state index contributed by atoms with van der Waals surface area (Å²) in [4.78, 5) is 55.2. The molecular weight excluding hydrogens is 1290 g/mol. The molecular formula is C53H84O31S5. The minimum absolute atomic E-state index is 0.0825. The highest BCUT2D eigenvalue weighted by Gasteiger charge is 2.71. The van der Waals surface area contributed by atoms with Crippen molar-refractivity contribution in [1.29, 1.82) is 0 Å². The van der Waals surface area contributed by atoms with E-state index in [0.29, 0.717) is 32.3 Å². The molecule has 2 saturated heterocycles. The maximum atomic E-state index is 15.4. The number of esters is 1. The van der Waals surface area contributed by atoms with Crippen molar-refractivity contribution in [3.63, 3.8) is 0 Å². The van der Waals surface area contributed by atoms with Gasteiger partial charge in [0.1, 0.15) is 30.5 Å². The van der Waals surface area contributed by atoms with E-state index in [0.717, 1.165) is 50.5 Å². The second-order valence-corrected chi connectivity index (χ2v) is 32.0. The van der Waals surface area contributed by atoms with E-state index in [2.05, 4.69) is 44.4 Å². The SMILES string of the molecule is CCCCCCCCCCCOC(=O)[C@@]1(C)CC[C@]2(C)CC[C@]3(C)C(=CC(=O)[C@@H]4[C@@]5(C)CC[C@H](O[C@@H]6O[C@H](C(=O)O)[C@@H](OS(=O)(=O)O)[C@H](OS(=O)(=O)O)[C@H]6O[C@@H]6O[C@H](C(=O)O)[C@@H](OS(=O)(=O)O)[C@H](OS(=O)(=O)O)[C@H]6OS(=O)(=O)O)C(C)(C)[C@@H]5CC[C@]43C)[C@@H]2C1. The summed E-state index contributed by atoms with van der Waals surface area (Å²) < 4.78 is 224. The van der Waals surface area contributed by atoms with E-state index in [1.807, 2.05) is 13.8 Å². The lowest BCUT2D eigenvalue weighted by Crippen LogP contribution is -2.69. The monoisotopic (exact) mass is 1380 g/mol. The van der Waals surface area contributed by atoms with Crippen LogP contribution in [-0.4, -0.2) is 173 Å². The van der Waals surface area contributed by atoms with E-state index in [1.165, 1.54) is 32.1 Å². The number of unbranched alkanes of at least 4 members (excludes halogenated alkanes) is 8. The number of carbonyl (C=O) groups excluding carboxylic acids is 2. The topological polar surface area (TPSA) is 473 Å². The largest absolute Gasteiger partial charge is 0.479 e. The smallest absolute Gasteiger partial charge is 0.397 e. The van der Waals surface area contributed by atoms with Crippen molar-refractivity contribution in [3.8, 4) is 0 Å². The lowest BCUT2D eigenvalue weighted by atomic mass is 9.33. The number of aliphatic carboxylic acids is 2. The second kappa shape index (κ2) is 26.7. The lowest BCUT2D eigenvalue weighted by Gasteiger charge is -2.70. The Hall–Kier alpha value is -2.99. The summed E-state index contributed by atoms with van der Waals surface area (Å²) in [5.74, 6) is -6.32. The van der Waals surface area contributed by atoms with Gasteiger partial charge in [0.05, 0.1) is 18.1 Å². The number of carbonyl (C=O) groups is 4. The molecule has 0 aromatic rings. The van der Waals surface area contributed by atoms with E-state index in [4.69, 9.17) is 27.9 Å². The first-order chi connectivity index (χ1) is 40.7. The van der Waals surface area contributed by atoms with Gasteiger partial charge in [0.25, 0.3) is 0 Å². The molecule has 0 radical (unpaired) electrons. The van der Waals surface area contributed by atoms with Gasteiger partial charge in [-0.05, 0) is 116 Å². The quantitative estimate of drug-likeness (QED) is 0.0235. The number of allylic oxidation sites excluding steroid dienone is 2. The maximum absolute atomic E-state index is 15.4. The first-order valence-electron chi connectivity index (χ1n) is 29.5. The highest BCUT2D eigenvalue weighted by atomic mass is 32.3. The Kier molecular flexibility index (Phi) is 22.0. The Bertz CT molecular complexity index is 3260. The molecule has 7 rings (SSSR count). The van der Waals surface area contributed by atoms with Crippen LogP contribution in [-0.2, 0) is 116 Å². The first-order valence-corrected chi connectivity index (χ1v) is 36.3. The maximum Gasteiger partial charge on any atom is 0.397 e. The molecule has 2 aliphatic heterocycles. The molecule has 0 amide bonds.